The van der Waals surface area contributed by atoms with E-state index in [4.69, 9.17) is 5.73 Å². The van der Waals surface area contributed by atoms with E-state index in [-0.39, 0.29) is 19.1 Å². The predicted molar refractivity (Wildman–Crippen MR) is 38.4 cm³/mol. The first kappa shape index (κ1) is 9.45. The summed E-state index contributed by atoms with van der Waals surface area (Å²) in [6.45, 7) is 0.754. The lowest BCUT2D eigenvalue weighted by molar-refractivity contribution is -0.456. The number of hydrogen-bond donors (Lipinski definition) is 1. The molecule has 0 radical (unpaired) electrons. The van der Waals surface area contributed by atoms with E-state index < -0.39 is 0 Å². The van der Waals surface area contributed by atoms with Crippen molar-refractivity contribution in [2.24, 2.45) is 5.73 Å². The number of nitrogens with zero attached hydrogens (tertiary/aromatic N) is 1. The fraction of sp³-hybridized carbons (Fsp3) is 0.800. The van der Waals surface area contributed by atoms with Gasteiger partial charge in [0.25, 0.3) is 19.0 Å². The van der Waals surface area contributed by atoms with Crippen LogP contribution in [0.15, 0.2) is 0 Å². The number of carbonyl (C=O) groups excluding carboxylic acids is 1. The zero-order valence-corrected chi connectivity index (χ0v) is 6.69. The van der Waals surface area contributed by atoms with Crippen LogP contribution in [0.1, 0.15) is 0 Å². The fourth-order valence-corrected chi connectivity index (χ4v) is 0.506. The molecule has 0 aromatic carbocycles. The molecule has 0 fully saturated rings. The van der Waals surface area contributed by atoms with Gasteiger partial charge in [-0.25, -0.2) is 4.79 Å². The van der Waals surface area contributed by atoms with Gasteiger partial charge in [-0.15, -0.1) is 3.95 Å². The standard InChI is InChI=1S/C5H11N2O2S/c1-7(10)4-5(8)9-3-2-6/h2-4,6H2,1H3/q+1. The molecule has 0 heterocycles. The van der Waals surface area contributed by atoms with Crippen molar-refractivity contribution in [3.8, 4) is 0 Å². The van der Waals surface area contributed by atoms with Crippen molar-refractivity contribution in [3.05, 3.63) is 0 Å². The highest BCUT2D eigenvalue weighted by Crippen LogP contribution is 1.76. The Balaban J connectivity index is 3.35. The van der Waals surface area contributed by atoms with Crippen LogP contribution in [0.5, 0.6) is 0 Å². The van der Waals surface area contributed by atoms with Crippen LogP contribution in [0.4, 0.5) is 0 Å². The van der Waals surface area contributed by atoms with Crippen LogP contribution < -0.4 is 5.73 Å². The Kier molecular flexibility index (Phi) is 4.96. The van der Waals surface area contributed by atoms with Crippen molar-refractivity contribution in [2.45, 2.75) is 0 Å². The molecule has 2 N–H and O–H groups in total. The molecule has 0 aliphatic heterocycles. The Bertz CT molecular complexity index is 138. The van der Waals surface area contributed by atoms with Gasteiger partial charge in [-0.05, 0) is 0 Å². The molecule has 0 amide bonds. The van der Waals surface area contributed by atoms with Crippen LogP contribution in [0.25, 0.3) is 0 Å². The zero-order valence-electron chi connectivity index (χ0n) is 5.87. The molecule has 0 aliphatic carbocycles. The minimum absolute atomic E-state index is 0.134. The van der Waals surface area contributed by atoms with E-state index in [1.807, 2.05) is 0 Å². The van der Waals surface area contributed by atoms with Gasteiger partial charge in [-0.3, -0.25) is 0 Å². The predicted octanol–water partition coefficient (Wildman–Crippen LogP) is -1.14. The van der Waals surface area contributed by atoms with Crippen molar-refractivity contribution in [1.82, 2.24) is 0 Å². The first-order valence-electron chi connectivity index (χ1n) is 2.90. The molecule has 0 aromatic heterocycles. The molecule has 0 aromatic rings. The quantitative estimate of drug-likeness (QED) is 0.420. The summed E-state index contributed by atoms with van der Waals surface area (Å²) in [6.07, 6.45) is 0. The topological polar surface area (TPSA) is 55.3 Å². The Labute approximate surface area is 65.1 Å². The second-order valence-corrected chi connectivity index (χ2v) is 2.42. The Morgan fingerprint density at radius 3 is 2.80 bits per heavy atom. The summed E-state index contributed by atoms with van der Waals surface area (Å²) in [6, 6.07) is 0. The van der Waals surface area contributed by atoms with E-state index in [2.05, 4.69) is 17.2 Å². The molecule has 0 bridgehead atoms. The second kappa shape index (κ2) is 5.25. The number of nitrogens with two attached hydrogens (primary N) is 1. The van der Waals surface area contributed by atoms with E-state index in [1.54, 1.807) is 7.05 Å². The van der Waals surface area contributed by atoms with Crippen molar-refractivity contribution in [1.29, 1.82) is 0 Å². The molecule has 0 atom stereocenters. The second-order valence-electron chi connectivity index (χ2n) is 1.80. The number of rotatable bonds is 4. The van der Waals surface area contributed by atoms with Gasteiger partial charge >= 0.3 is 5.97 Å². The van der Waals surface area contributed by atoms with E-state index in [9.17, 15) is 4.79 Å². The monoisotopic (exact) mass is 163 g/mol. The molecular formula is C5H11N2O2S+. The first-order valence-corrected chi connectivity index (χ1v) is 3.27. The summed E-state index contributed by atoms with van der Waals surface area (Å²) in [4.78, 5) is 10.6. The molecule has 0 saturated carbocycles. The minimum Gasteiger partial charge on any atom is -0.460 e. The highest BCUT2D eigenvalue weighted by Gasteiger charge is 2.07. The van der Waals surface area contributed by atoms with Crippen molar-refractivity contribution >= 4 is 18.4 Å². The van der Waals surface area contributed by atoms with E-state index in [0.717, 1.165) is 0 Å². The maximum atomic E-state index is 10.6. The fourth-order valence-electron chi connectivity index (χ4n) is 0.400. The molecule has 0 rings (SSSR count). The summed E-state index contributed by atoms with van der Waals surface area (Å²) in [7, 11) is 1.62. The highest BCUT2D eigenvalue weighted by atomic mass is 32.1. The molecule has 58 valence electrons. The molecule has 10 heavy (non-hydrogen) atoms. The SMILES string of the molecule is C[N+](=S)CC(=O)OCCN. The van der Waals surface area contributed by atoms with Gasteiger partial charge in [0.2, 0.25) is 0 Å². The number of carbonyl (C=O) groups is 1. The Morgan fingerprint density at radius 1 is 1.80 bits per heavy atom. The van der Waals surface area contributed by atoms with Gasteiger partial charge < -0.3 is 10.5 Å². The third kappa shape index (κ3) is 5.58. The number of esters is 1. The van der Waals surface area contributed by atoms with E-state index >= 15 is 0 Å². The van der Waals surface area contributed by atoms with Gasteiger partial charge in [-0.2, -0.15) is 0 Å². The number of likely N-dealkylation sites (N-methyl/N-ethyl adjacent to an activating group) is 1. The highest BCUT2D eigenvalue weighted by molar-refractivity contribution is 7.44. The molecule has 4 nitrogen and oxygen atoms in total. The van der Waals surface area contributed by atoms with Gasteiger partial charge in [0.1, 0.15) is 13.7 Å². The van der Waals surface area contributed by atoms with E-state index in [1.165, 1.54) is 3.95 Å². The maximum absolute atomic E-state index is 10.6. The summed E-state index contributed by atoms with van der Waals surface area (Å²) in [5.74, 6) is -0.331. The Morgan fingerprint density at radius 2 is 2.40 bits per heavy atom. The van der Waals surface area contributed by atoms with Crippen LogP contribution in [0.2, 0.25) is 0 Å². The molecule has 5 heteroatoms. The summed E-state index contributed by atoms with van der Waals surface area (Å²) >= 11 is 4.61. The maximum Gasteiger partial charge on any atom is 0.373 e. The average Bonchev–Trinajstić information content (AvgIpc) is 1.82. The lowest BCUT2D eigenvalue weighted by Crippen LogP contribution is -2.20. The molecule has 0 spiro atoms. The van der Waals surface area contributed by atoms with Crippen LogP contribution in [0, 0.1) is 0 Å². The normalized spacial score (nSPS) is 9.00. The molecular weight excluding hydrogens is 152 g/mol. The third-order valence-corrected chi connectivity index (χ3v) is 0.862. The lowest BCUT2D eigenvalue weighted by atomic mass is 10.6. The lowest BCUT2D eigenvalue weighted by Gasteiger charge is -1.97. The van der Waals surface area contributed by atoms with Crippen molar-refractivity contribution in [3.63, 3.8) is 0 Å². The molecule has 0 aliphatic rings. The zero-order chi connectivity index (χ0) is 7.98. The minimum atomic E-state index is -0.331. The molecule has 0 saturated heterocycles. The third-order valence-electron chi connectivity index (χ3n) is 0.733. The molecule has 0 unspecified atom stereocenters. The first-order chi connectivity index (χ1) is 4.66. The largest absolute Gasteiger partial charge is 0.460 e. The number of hydrogen-bond acceptors (Lipinski definition) is 4. The van der Waals surface area contributed by atoms with Crippen LogP contribution in [-0.2, 0) is 22.0 Å². The average molecular weight is 163 g/mol. The van der Waals surface area contributed by atoms with Gasteiger partial charge in [0.15, 0.2) is 0 Å². The van der Waals surface area contributed by atoms with Crippen LogP contribution >= 0.6 is 0 Å². The summed E-state index contributed by atoms with van der Waals surface area (Å²) in [5, 5.41) is 0. The Hall–Kier alpha value is -0.550. The van der Waals surface area contributed by atoms with E-state index in [0.29, 0.717) is 6.54 Å². The number of ether oxygens (including phenoxy) is 1. The smallest absolute Gasteiger partial charge is 0.373 e. The summed E-state index contributed by atoms with van der Waals surface area (Å²) < 4.78 is 5.96. The van der Waals surface area contributed by atoms with Crippen molar-refractivity contribution in [2.75, 3.05) is 26.7 Å². The van der Waals surface area contributed by atoms with Crippen LogP contribution in [0.3, 0.4) is 0 Å². The van der Waals surface area contributed by atoms with Gasteiger partial charge in [-0.1, -0.05) is 0 Å². The summed E-state index contributed by atoms with van der Waals surface area (Å²) in [5.41, 5.74) is 5.09. The van der Waals surface area contributed by atoms with Crippen LogP contribution in [-0.4, -0.2) is 36.7 Å². The van der Waals surface area contributed by atoms with Crippen molar-refractivity contribution < 1.29 is 13.5 Å². The van der Waals surface area contributed by atoms with Gasteiger partial charge in [0, 0.05) is 6.54 Å². The van der Waals surface area contributed by atoms with Gasteiger partial charge in [0.05, 0.1) is 0 Å².